The van der Waals surface area contributed by atoms with Gasteiger partial charge in [-0.2, -0.15) is 0 Å². The van der Waals surface area contributed by atoms with Gasteiger partial charge in [-0.05, 0) is 37.0 Å². The van der Waals surface area contributed by atoms with Crippen LogP contribution in [0.4, 0.5) is 4.79 Å². The van der Waals surface area contributed by atoms with Gasteiger partial charge in [0.25, 0.3) is 0 Å². The van der Waals surface area contributed by atoms with Crippen LogP contribution in [0.2, 0.25) is 0 Å². The molecule has 0 aromatic heterocycles. The highest BCUT2D eigenvalue weighted by atomic mass is 16.3. The van der Waals surface area contributed by atoms with Crippen LogP contribution < -0.4 is 10.6 Å². The summed E-state index contributed by atoms with van der Waals surface area (Å²) in [5.41, 5.74) is 1.18. The van der Waals surface area contributed by atoms with Gasteiger partial charge in [0.05, 0.1) is 0 Å². The number of carbonyl (C=O) groups is 1. The molecule has 4 heteroatoms. The van der Waals surface area contributed by atoms with Gasteiger partial charge in [0.1, 0.15) is 5.75 Å². The van der Waals surface area contributed by atoms with Gasteiger partial charge >= 0.3 is 6.03 Å². The minimum atomic E-state index is -0.0573. The summed E-state index contributed by atoms with van der Waals surface area (Å²) in [5, 5.41) is 15.2. The summed E-state index contributed by atoms with van der Waals surface area (Å²) >= 11 is 0. The van der Waals surface area contributed by atoms with Crippen molar-refractivity contribution in [3.63, 3.8) is 0 Å². The number of rotatable bonds is 24. The van der Waals surface area contributed by atoms with Crippen LogP contribution in [0.15, 0.2) is 24.3 Å². The Morgan fingerprint density at radius 3 is 1.37 bits per heavy atom. The number of nitrogens with one attached hydrogen (secondary N) is 2. The van der Waals surface area contributed by atoms with E-state index in [1.165, 1.54) is 121 Å². The summed E-state index contributed by atoms with van der Waals surface area (Å²) in [7, 11) is 0. The van der Waals surface area contributed by atoms with Crippen molar-refractivity contribution in [3.8, 4) is 5.75 Å². The second kappa shape index (κ2) is 24.0. The fourth-order valence-corrected chi connectivity index (χ4v) is 4.62. The average Bonchev–Trinajstić information content (AvgIpc) is 2.86. The number of hydrogen-bond acceptors (Lipinski definition) is 2. The molecule has 0 unspecified atom stereocenters. The Labute approximate surface area is 217 Å². The highest BCUT2D eigenvalue weighted by Gasteiger charge is 2.00. The lowest BCUT2D eigenvalue weighted by Crippen LogP contribution is -2.36. The molecule has 0 heterocycles. The molecular weight excluding hydrogens is 432 g/mol. The largest absolute Gasteiger partial charge is 0.508 e. The van der Waals surface area contributed by atoms with Crippen LogP contribution in [-0.2, 0) is 6.42 Å². The van der Waals surface area contributed by atoms with E-state index >= 15 is 0 Å². The molecule has 1 aromatic carbocycles. The van der Waals surface area contributed by atoms with Gasteiger partial charge in [-0.15, -0.1) is 0 Å². The second-order valence-electron chi connectivity index (χ2n) is 10.3. The van der Waals surface area contributed by atoms with E-state index in [0.29, 0.717) is 12.3 Å². The van der Waals surface area contributed by atoms with Gasteiger partial charge in [0.15, 0.2) is 0 Å². The number of hydrogen-bond donors (Lipinski definition) is 3. The normalized spacial score (nSPS) is 11.0. The average molecular weight is 489 g/mol. The van der Waals surface area contributed by atoms with Crippen molar-refractivity contribution >= 4 is 6.03 Å². The van der Waals surface area contributed by atoms with Crippen molar-refractivity contribution in [1.29, 1.82) is 0 Å². The third-order valence-corrected chi connectivity index (χ3v) is 6.93. The van der Waals surface area contributed by atoms with E-state index in [1.54, 1.807) is 12.1 Å². The standard InChI is InChI=1S/C31H56N2O2/c1-2-3-4-5-6-7-8-9-10-11-12-13-14-15-16-17-18-19-20-27-32-31(35)33-28-21-22-29-23-25-30(34)26-24-29/h23-26,34H,2-22,27-28H2,1H3,(H2,32,33,35). The topological polar surface area (TPSA) is 61.4 Å². The summed E-state index contributed by atoms with van der Waals surface area (Å²) < 4.78 is 0. The maximum atomic E-state index is 11.8. The van der Waals surface area contributed by atoms with E-state index in [-0.39, 0.29) is 6.03 Å². The van der Waals surface area contributed by atoms with E-state index in [0.717, 1.165) is 25.8 Å². The first-order valence-electron chi connectivity index (χ1n) is 15.0. The van der Waals surface area contributed by atoms with Crippen molar-refractivity contribution in [1.82, 2.24) is 10.6 Å². The molecule has 0 atom stereocenters. The van der Waals surface area contributed by atoms with Gasteiger partial charge in [0, 0.05) is 13.1 Å². The second-order valence-corrected chi connectivity index (χ2v) is 10.3. The van der Waals surface area contributed by atoms with Crippen molar-refractivity contribution in [2.75, 3.05) is 13.1 Å². The molecule has 1 rings (SSSR count). The Morgan fingerprint density at radius 2 is 0.943 bits per heavy atom. The zero-order valence-electron chi connectivity index (χ0n) is 22.9. The molecule has 0 spiro atoms. The van der Waals surface area contributed by atoms with Gasteiger partial charge < -0.3 is 15.7 Å². The Bertz CT molecular complexity index is 588. The van der Waals surface area contributed by atoms with Crippen molar-refractivity contribution < 1.29 is 9.90 Å². The maximum Gasteiger partial charge on any atom is 0.314 e. The number of amides is 2. The molecule has 0 radical (unpaired) electrons. The number of phenolic OH excluding ortho intramolecular Hbond substituents is 1. The van der Waals surface area contributed by atoms with Crippen LogP contribution in [-0.4, -0.2) is 24.2 Å². The molecule has 2 amide bonds. The summed E-state index contributed by atoms with van der Waals surface area (Å²) in [5.74, 6) is 0.293. The molecule has 0 aliphatic rings. The molecule has 3 N–H and O–H groups in total. The van der Waals surface area contributed by atoms with Crippen LogP contribution in [0.25, 0.3) is 0 Å². The molecule has 1 aromatic rings. The van der Waals surface area contributed by atoms with E-state index in [4.69, 9.17) is 0 Å². The van der Waals surface area contributed by atoms with Crippen molar-refractivity contribution in [2.24, 2.45) is 0 Å². The zero-order valence-corrected chi connectivity index (χ0v) is 22.9. The molecular formula is C31H56N2O2. The monoisotopic (exact) mass is 488 g/mol. The lowest BCUT2D eigenvalue weighted by atomic mass is 10.0. The van der Waals surface area contributed by atoms with Gasteiger partial charge in [-0.25, -0.2) is 4.79 Å². The molecule has 35 heavy (non-hydrogen) atoms. The van der Waals surface area contributed by atoms with Crippen LogP contribution in [0.1, 0.15) is 141 Å². The number of unbranched alkanes of at least 4 members (excludes halogenated alkanes) is 18. The Hall–Kier alpha value is -1.71. The van der Waals surface area contributed by atoms with E-state index in [9.17, 15) is 9.90 Å². The molecule has 0 saturated carbocycles. The predicted molar refractivity (Wildman–Crippen MR) is 151 cm³/mol. The SMILES string of the molecule is CCCCCCCCCCCCCCCCCCCCCNC(=O)NCCCc1ccc(O)cc1. The molecule has 0 bridgehead atoms. The number of benzene rings is 1. The highest BCUT2D eigenvalue weighted by Crippen LogP contribution is 2.14. The van der Waals surface area contributed by atoms with Crippen LogP contribution in [0, 0.1) is 0 Å². The number of aromatic hydroxyl groups is 1. The first-order chi connectivity index (χ1) is 17.2. The summed E-state index contributed by atoms with van der Waals surface area (Å²) in [4.78, 5) is 11.8. The quantitative estimate of drug-likeness (QED) is 0.127. The Balaban J connectivity index is 1.72. The predicted octanol–water partition coefficient (Wildman–Crippen LogP) is 9.06. The third-order valence-electron chi connectivity index (χ3n) is 6.93. The minimum Gasteiger partial charge on any atom is -0.508 e. The first-order valence-corrected chi connectivity index (χ1v) is 15.0. The number of aryl methyl sites for hydroxylation is 1. The maximum absolute atomic E-state index is 11.8. The fraction of sp³-hybridized carbons (Fsp3) is 0.774. The molecule has 202 valence electrons. The van der Waals surface area contributed by atoms with Crippen LogP contribution in [0.5, 0.6) is 5.75 Å². The molecule has 0 fully saturated rings. The third kappa shape index (κ3) is 21.3. The van der Waals surface area contributed by atoms with Gasteiger partial charge in [-0.3, -0.25) is 0 Å². The highest BCUT2D eigenvalue weighted by molar-refractivity contribution is 5.73. The first kappa shape index (κ1) is 31.3. The summed E-state index contributed by atoms with van der Waals surface area (Å²) in [6, 6.07) is 7.20. The molecule has 0 aliphatic carbocycles. The summed E-state index contributed by atoms with van der Waals surface area (Å²) in [6.45, 7) is 3.73. The van der Waals surface area contributed by atoms with Crippen LogP contribution >= 0.6 is 0 Å². The van der Waals surface area contributed by atoms with Crippen molar-refractivity contribution in [3.05, 3.63) is 29.8 Å². The smallest absolute Gasteiger partial charge is 0.314 e. The number of urea groups is 1. The van der Waals surface area contributed by atoms with E-state index in [1.807, 2.05) is 12.1 Å². The Morgan fingerprint density at radius 1 is 0.571 bits per heavy atom. The zero-order chi connectivity index (χ0) is 25.2. The van der Waals surface area contributed by atoms with E-state index < -0.39 is 0 Å². The summed E-state index contributed by atoms with van der Waals surface area (Å²) in [6.07, 6.45) is 28.1. The van der Waals surface area contributed by atoms with Crippen LogP contribution in [0.3, 0.4) is 0 Å². The van der Waals surface area contributed by atoms with Gasteiger partial charge in [0.2, 0.25) is 0 Å². The van der Waals surface area contributed by atoms with Gasteiger partial charge in [-0.1, -0.05) is 135 Å². The Kier molecular flexibility index (Phi) is 21.5. The lowest BCUT2D eigenvalue weighted by Gasteiger charge is -2.08. The fourth-order valence-electron chi connectivity index (χ4n) is 4.62. The lowest BCUT2D eigenvalue weighted by molar-refractivity contribution is 0.240. The molecule has 0 aliphatic heterocycles. The van der Waals surface area contributed by atoms with E-state index in [2.05, 4.69) is 17.6 Å². The number of phenols is 1. The number of carbonyl (C=O) groups excluding carboxylic acids is 1. The minimum absolute atomic E-state index is 0.0573. The molecule has 0 saturated heterocycles. The molecule has 4 nitrogen and oxygen atoms in total. The van der Waals surface area contributed by atoms with Crippen molar-refractivity contribution in [2.45, 2.75) is 142 Å².